The van der Waals surface area contributed by atoms with Gasteiger partial charge in [0, 0.05) is 18.8 Å². The van der Waals surface area contributed by atoms with Crippen molar-refractivity contribution in [3.8, 4) is 11.1 Å². The first-order valence-corrected chi connectivity index (χ1v) is 18.3. The Hall–Kier alpha value is -4.36. The average Bonchev–Trinajstić information content (AvgIpc) is 3.08. The molecule has 0 bridgehead atoms. The Bertz CT molecular complexity index is 1730. The number of nitrogens with one attached hydrogen (secondary N) is 2. The summed E-state index contributed by atoms with van der Waals surface area (Å²) >= 11 is 0. The van der Waals surface area contributed by atoms with E-state index in [2.05, 4.69) is 10.6 Å². The van der Waals surface area contributed by atoms with Crippen LogP contribution >= 0.6 is 0 Å². The third-order valence-electron chi connectivity index (χ3n) is 8.66. The Kier molecular flexibility index (Phi) is 14.7. The van der Waals surface area contributed by atoms with Gasteiger partial charge in [-0.1, -0.05) is 93.6 Å². The summed E-state index contributed by atoms with van der Waals surface area (Å²) in [6.45, 7) is 5.88. The smallest absolute Gasteiger partial charge is 0.382 e. The zero-order valence-corrected chi connectivity index (χ0v) is 29.8. The standard InChI is InChI=1S/C38H45F3N2O7S/c1-24(2)31(23-51(49,50)30-18-16-29(17-19-30)28-13-9-6-10-14-28)37(48)43-33(22-27-11-7-5-8-12-27)34(45)21-25(3)36(47)42-32(20-15-26(4)44)35(46)38(39,40)41/h5-14,16-19,24-25,31-33,35,46H,15,20-23H2,1-4H3,(H,42,47)(H,43,48)/t25-,31+,32?,33+,35?/m1/s1. The van der Waals surface area contributed by atoms with E-state index in [-0.39, 0.29) is 17.7 Å². The van der Waals surface area contributed by atoms with Crippen LogP contribution in [0.2, 0.25) is 0 Å². The summed E-state index contributed by atoms with van der Waals surface area (Å²) in [6, 6.07) is 21.4. The van der Waals surface area contributed by atoms with Gasteiger partial charge in [-0.05, 0) is 54.5 Å². The van der Waals surface area contributed by atoms with Crippen LogP contribution in [-0.4, -0.2) is 67.0 Å². The highest BCUT2D eigenvalue weighted by Crippen LogP contribution is 2.26. The summed E-state index contributed by atoms with van der Waals surface area (Å²) in [5.41, 5.74) is 2.40. The molecule has 0 aliphatic carbocycles. The van der Waals surface area contributed by atoms with E-state index in [1.165, 1.54) is 26.0 Å². The monoisotopic (exact) mass is 730 g/mol. The first-order chi connectivity index (χ1) is 23.9. The predicted molar refractivity (Wildman–Crippen MR) is 187 cm³/mol. The Morgan fingerprint density at radius 1 is 0.784 bits per heavy atom. The van der Waals surface area contributed by atoms with E-state index in [0.717, 1.165) is 11.1 Å². The van der Waals surface area contributed by atoms with Gasteiger partial charge in [-0.15, -0.1) is 0 Å². The number of benzene rings is 3. The van der Waals surface area contributed by atoms with Crippen molar-refractivity contribution in [1.29, 1.82) is 0 Å². The molecule has 5 atom stereocenters. The number of halogens is 3. The van der Waals surface area contributed by atoms with Crippen LogP contribution in [0.1, 0.15) is 52.5 Å². The highest BCUT2D eigenvalue weighted by Gasteiger charge is 2.44. The molecular formula is C38H45F3N2O7S. The number of aliphatic hydroxyl groups is 1. The first kappa shape index (κ1) is 41.1. The molecule has 0 aliphatic rings. The number of carbonyl (C=O) groups excluding carboxylic acids is 4. The van der Waals surface area contributed by atoms with E-state index in [4.69, 9.17) is 0 Å². The van der Waals surface area contributed by atoms with Gasteiger partial charge in [-0.2, -0.15) is 13.2 Å². The number of amides is 2. The number of aliphatic hydroxyl groups excluding tert-OH is 1. The first-order valence-electron chi connectivity index (χ1n) is 16.7. The third kappa shape index (κ3) is 12.4. The second kappa shape index (κ2) is 18.2. The van der Waals surface area contributed by atoms with Crippen molar-refractivity contribution in [3.05, 3.63) is 90.5 Å². The molecule has 3 N–H and O–H groups in total. The molecule has 9 nitrogen and oxygen atoms in total. The zero-order valence-electron chi connectivity index (χ0n) is 29.0. The Balaban J connectivity index is 1.78. The molecule has 13 heteroatoms. The maximum absolute atomic E-state index is 13.7. The minimum atomic E-state index is -5.06. The normalized spacial score (nSPS) is 14.9. The molecule has 0 heterocycles. The van der Waals surface area contributed by atoms with E-state index in [0.29, 0.717) is 5.56 Å². The van der Waals surface area contributed by atoms with Gasteiger partial charge in [0.2, 0.25) is 11.8 Å². The van der Waals surface area contributed by atoms with E-state index in [1.807, 2.05) is 30.3 Å². The Labute approximate surface area is 297 Å². The van der Waals surface area contributed by atoms with Gasteiger partial charge in [0.05, 0.1) is 28.6 Å². The van der Waals surface area contributed by atoms with E-state index >= 15 is 0 Å². The van der Waals surface area contributed by atoms with Crippen molar-refractivity contribution in [3.63, 3.8) is 0 Å². The van der Waals surface area contributed by atoms with Crippen molar-refractivity contribution in [2.24, 2.45) is 17.8 Å². The van der Waals surface area contributed by atoms with Crippen molar-refractivity contribution >= 4 is 33.2 Å². The van der Waals surface area contributed by atoms with E-state index in [9.17, 15) is 45.9 Å². The lowest BCUT2D eigenvalue weighted by Gasteiger charge is -2.27. The second-order valence-electron chi connectivity index (χ2n) is 13.2. The molecular weight excluding hydrogens is 685 g/mol. The summed E-state index contributed by atoms with van der Waals surface area (Å²) < 4.78 is 66.9. The third-order valence-corrected chi connectivity index (χ3v) is 10.4. The van der Waals surface area contributed by atoms with Crippen LogP contribution in [-0.2, 0) is 35.4 Å². The molecule has 2 unspecified atom stereocenters. The van der Waals surface area contributed by atoms with Crippen molar-refractivity contribution in [1.82, 2.24) is 10.6 Å². The number of Topliss-reactive ketones (excluding diaryl/α,β-unsaturated/α-hetero) is 2. The zero-order chi connectivity index (χ0) is 37.9. The molecule has 0 saturated heterocycles. The van der Waals surface area contributed by atoms with Crippen LogP contribution in [0, 0.1) is 17.8 Å². The average molecular weight is 731 g/mol. The Morgan fingerprint density at radius 3 is 1.86 bits per heavy atom. The van der Waals surface area contributed by atoms with Crippen molar-refractivity contribution in [2.45, 2.75) is 82.6 Å². The SMILES string of the molecule is CC(=O)CCC(NC(=O)[C@H](C)CC(=O)[C@H](Cc1ccccc1)NC(=O)[C@@H](CS(=O)(=O)c1ccc(-c2ccccc2)cc1)C(C)C)C(O)C(F)(F)F. The summed E-state index contributed by atoms with van der Waals surface area (Å²) in [5, 5.41) is 14.7. The number of sulfone groups is 1. The minimum Gasteiger partial charge on any atom is -0.382 e. The van der Waals surface area contributed by atoms with Crippen LogP contribution < -0.4 is 10.6 Å². The summed E-state index contributed by atoms with van der Waals surface area (Å²) in [5.74, 6) is -5.88. The maximum atomic E-state index is 13.7. The predicted octanol–water partition coefficient (Wildman–Crippen LogP) is 5.50. The molecule has 0 aromatic heterocycles. The van der Waals surface area contributed by atoms with Crippen LogP contribution in [0.4, 0.5) is 13.2 Å². The number of hydrogen-bond donors (Lipinski definition) is 3. The van der Waals surface area contributed by atoms with E-state index in [1.54, 1.807) is 56.3 Å². The highest BCUT2D eigenvalue weighted by atomic mass is 32.2. The van der Waals surface area contributed by atoms with Gasteiger partial charge in [0.1, 0.15) is 5.78 Å². The quantitative estimate of drug-likeness (QED) is 0.157. The van der Waals surface area contributed by atoms with Gasteiger partial charge >= 0.3 is 6.18 Å². The second-order valence-corrected chi connectivity index (χ2v) is 15.2. The molecule has 276 valence electrons. The molecule has 0 aliphatic heterocycles. The van der Waals surface area contributed by atoms with Crippen molar-refractivity contribution < 1.29 is 45.9 Å². The van der Waals surface area contributed by atoms with Gasteiger partial charge in [-0.25, -0.2) is 8.42 Å². The molecule has 0 spiro atoms. The fourth-order valence-electron chi connectivity index (χ4n) is 5.52. The molecule has 3 aromatic rings. The fourth-order valence-corrected chi connectivity index (χ4v) is 7.27. The lowest BCUT2D eigenvalue weighted by Crippen LogP contribution is -2.52. The van der Waals surface area contributed by atoms with Gasteiger partial charge in [0.15, 0.2) is 21.7 Å². The summed E-state index contributed by atoms with van der Waals surface area (Å²) in [6.07, 6.45) is -9.26. The largest absolute Gasteiger partial charge is 0.416 e. The molecule has 2 amide bonds. The summed E-state index contributed by atoms with van der Waals surface area (Å²) in [4.78, 5) is 51.8. The number of carbonyl (C=O) groups is 4. The number of hydrogen-bond acceptors (Lipinski definition) is 7. The molecule has 0 fully saturated rings. The lowest BCUT2D eigenvalue weighted by molar-refractivity contribution is -0.213. The van der Waals surface area contributed by atoms with Crippen LogP contribution in [0.15, 0.2) is 89.8 Å². The van der Waals surface area contributed by atoms with Crippen LogP contribution in [0.3, 0.4) is 0 Å². The molecule has 51 heavy (non-hydrogen) atoms. The highest BCUT2D eigenvalue weighted by molar-refractivity contribution is 7.91. The summed E-state index contributed by atoms with van der Waals surface area (Å²) in [7, 11) is -3.95. The number of rotatable bonds is 18. The fraction of sp³-hybridized carbons (Fsp3) is 0.421. The minimum absolute atomic E-state index is 0.00624. The van der Waals surface area contributed by atoms with Crippen molar-refractivity contribution in [2.75, 3.05) is 5.75 Å². The molecule has 0 radical (unpaired) electrons. The molecule has 0 saturated carbocycles. The molecule has 3 rings (SSSR count). The lowest BCUT2D eigenvalue weighted by atomic mass is 9.92. The maximum Gasteiger partial charge on any atom is 0.416 e. The van der Waals surface area contributed by atoms with E-state index < -0.39 is 93.9 Å². The molecule has 3 aromatic carbocycles. The van der Waals surface area contributed by atoms with Gasteiger partial charge in [-0.3, -0.25) is 14.4 Å². The van der Waals surface area contributed by atoms with Gasteiger partial charge in [0.25, 0.3) is 0 Å². The van der Waals surface area contributed by atoms with Crippen LogP contribution in [0.5, 0.6) is 0 Å². The van der Waals surface area contributed by atoms with Gasteiger partial charge < -0.3 is 20.5 Å². The number of ketones is 2. The van der Waals surface area contributed by atoms with Crippen LogP contribution in [0.25, 0.3) is 11.1 Å². The number of alkyl halides is 3. The Morgan fingerprint density at radius 2 is 1.33 bits per heavy atom. The topological polar surface area (TPSA) is 147 Å².